The van der Waals surface area contributed by atoms with Crippen LogP contribution in [0, 0.1) is 35.5 Å². The summed E-state index contributed by atoms with van der Waals surface area (Å²) in [5.41, 5.74) is 0.949. The molecule has 11 atom stereocenters. The second kappa shape index (κ2) is 37.6. The number of benzene rings is 1. The normalized spacial score (nSPS) is 18.5. The molecule has 3 aliphatic heterocycles. The Morgan fingerprint density at radius 3 is 2.11 bits per heavy atom. The molecule has 4 heterocycles. The molecule has 24 heteroatoms. The lowest BCUT2D eigenvalue weighted by Crippen LogP contribution is -2.54. The first kappa shape index (κ1) is 78.8. The Morgan fingerprint density at radius 1 is 0.789 bits per heavy atom. The summed E-state index contributed by atoms with van der Waals surface area (Å²) in [5.74, 6) is -6.18. The number of alkyl carbamates (subject to hydrolysis) is 1. The monoisotopic (exact) mass is 1330 g/mol. The Morgan fingerprint density at radius 2 is 1.48 bits per heavy atom. The molecule has 0 bridgehead atoms. The van der Waals surface area contributed by atoms with Crippen molar-refractivity contribution in [2.24, 2.45) is 35.5 Å². The molecule has 95 heavy (non-hydrogen) atoms. The number of nitrogens with one attached hydrogen (secondary N) is 3. The largest absolute Gasteiger partial charge is 0.460 e. The zero-order valence-electron chi connectivity index (χ0n) is 59.2. The number of imide groups is 1. The number of nitrogens with zero attached hydrogens (tertiary/aromatic N) is 5. The number of aromatic nitrogens is 1. The second-order valence-corrected chi connectivity index (χ2v) is 27.8. The van der Waals surface area contributed by atoms with Crippen LogP contribution in [0.15, 0.2) is 42.6 Å². The Balaban J connectivity index is 1.18. The number of rotatable bonds is 39. The number of esters is 1. The van der Waals surface area contributed by atoms with Gasteiger partial charge in [-0.05, 0) is 122 Å². The number of likely N-dealkylation sites (tertiary alicyclic amines) is 1. The lowest BCUT2D eigenvalue weighted by Gasteiger charge is -2.41. The Bertz CT molecular complexity index is 2950. The molecule has 3 N–H and O–H groups in total. The molecule has 0 radical (unpaired) electrons. The highest BCUT2D eigenvalue weighted by atomic mass is 16.7. The van der Waals surface area contributed by atoms with Gasteiger partial charge < -0.3 is 44.4 Å². The summed E-state index contributed by atoms with van der Waals surface area (Å²) in [5, 5.41) is 7.46. The van der Waals surface area contributed by atoms with Gasteiger partial charge in [-0.15, -0.1) is 0 Å². The summed E-state index contributed by atoms with van der Waals surface area (Å²) in [6.45, 7) is 21.2. The molecule has 5 rings (SSSR count). The molecule has 3 aliphatic rings. The van der Waals surface area contributed by atoms with E-state index in [0.717, 1.165) is 34.2 Å². The predicted octanol–water partition coefficient (Wildman–Crippen LogP) is 7.72. The van der Waals surface area contributed by atoms with Gasteiger partial charge in [-0.3, -0.25) is 62.6 Å². The number of ether oxygens (including phenoxy) is 4. The van der Waals surface area contributed by atoms with Crippen molar-refractivity contribution < 1.29 is 76.5 Å². The number of Topliss-reactive ketones (excluding diaryl/α,β-unsaturated/α-hetero) is 3. The number of unbranched alkanes of at least 4 members (excludes halogenated alkanes) is 2. The molecule has 1 aromatic carbocycles. The summed E-state index contributed by atoms with van der Waals surface area (Å²) in [6.07, 6.45) is 6.23. The third-order valence-corrected chi connectivity index (χ3v) is 18.9. The number of fused-ring (bicyclic) bond motifs is 1. The van der Waals surface area contributed by atoms with Crippen LogP contribution in [0.4, 0.5) is 4.79 Å². The van der Waals surface area contributed by atoms with Crippen LogP contribution in [-0.4, -0.2) is 210 Å². The van der Waals surface area contributed by atoms with Crippen LogP contribution < -0.4 is 10.6 Å². The van der Waals surface area contributed by atoms with E-state index in [1.165, 1.54) is 31.2 Å². The van der Waals surface area contributed by atoms with E-state index in [0.29, 0.717) is 64.6 Å². The van der Waals surface area contributed by atoms with Gasteiger partial charge in [-0.25, -0.2) is 9.86 Å². The van der Waals surface area contributed by atoms with Crippen molar-refractivity contribution >= 4 is 75.8 Å². The molecular formula is C71H110N8O16. The first-order chi connectivity index (χ1) is 44.9. The minimum Gasteiger partial charge on any atom is -0.460 e. The quantitative estimate of drug-likeness (QED) is 0.0328. The average Bonchev–Trinajstić information content (AvgIpc) is 1.80. The number of likely N-dealkylation sites (N-methyl/N-ethyl adjacent to an activating group) is 2. The van der Waals surface area contributed by atoms with E-state index >= 15 is 0 Å². The molecule has 0 aliphatic carbocycles. The number of para-hydroxylation sites is 1. The standard InChI is InChI=1S/C71H110N8O16/c1-16-46(6)66(58(91-14)41-62(86)77-35-24-28-54(77)67(92-15)47(7)55(80)39-49(68(88)79-36-22-23-37-93-79)38-50-42-72-53-27-20-19-26-51(50)53)76(13)69(89)52(44(2)3)40-56(81)65(45(4)5)75(12)33-25-30-63(87)94-48(8)64(74-70(90)95-71(9,10)11)57(82)43-73-59(83)29-18-17-21-34-78-60(84)31-32-61(78)85/h19-20,26-27,31-32,42,44-49,52,54,58,64-67,72H,16-18,21-25,28-30,33-41,43H2,1-15H3,(H,73,83)(H,74,90)/t46-,47-,48+,49+,52-,54-,58+,64-,65-,66-,67+/m0/s1. The van der Waals surface area contributed by atoms with E-state index in [4.69, 9.17) is 23.8 Å². The van der Waals surface area contributed by atoms with Crippen LogP contribution in [0.25, 0.3) is 10.9 Å². The van der Waals surface area contributed by atoms with Crippen LogP contribution in [0.2, 0.25) is 0 Å². The highest BCUT2D eigenvalue weighted by molar-refractivity contribution is 6.12. The maximum Gasteiger partial charge on any atom is 0.408 e. The Kier molecular flexibility index (Phi) is 31.2. The van der Waals surface area contributed by atoms with Crippen LogP contribution in [0.5, 0.6) is 0 Å². The minimum absolute atomic E-state index is 0.0420. The first-order valence-electron chi connectivity index (χ1n) is 34.3. The van der Waals surface area contributed by atoms with Crippen LogP contribution in [-0.2, 0) is 78.2 Å². The SMILES string of the molecule is CC[C@H](C)[C@@H]([C@@H](CC(=O)N1CCC[C@H]1[C@H](OC)[C@@H](C)C(=O)C[C@@H](Cc1c[nH]c2ccccc12)C(=O)N1CCCCO1)OC)N(C)C(=O)[C@@H](CC(=O)[C@H](C(C)C)N(C)CCCC(=O)O[C@H](C)[C@H](NC(=O)OC(C)(C)C)C(=O)CNC(=O)CCCCCN1C(=O)C=CC1=O)C(C)C. The third-order valence-electron chi connectivity index (χ3n) is 18.9. The van der Waals surface area contributed by atoms with Crippen LogP contribution in [0.3, 0.4) is 0 Å². The minimum atomic E-state index is -1.39. The molecule has 7 amide bonds. The van der Waals surface area contributed by atoms with Crippen molar-refractivity contribution in [2.75, 3.05) is 67.6 Å². The summed E-state index contributed by atoms with van der Waals surface area (Å²) in [6, 6.07) is 4.82. The Hall–Kier alpha value is -6.89. The van der Waals surface area contributed by atoms with Gasteiger partial charge in [-0.1, -0.05) is 79.5 Å². The molecule has 2 saturated heterocycles. The van der Waals surface area contributed by atoms with Gasteiger partial charge in [0.1, 0.15) is 23.5 Å². The van der Waals surface area contributed by atoms with Gasteiger partial charge in [0.05, 0.1) is 55.8 Å². The lowest BCUT2D eigenvalue weighted by atomic mass is 9.83. The maximum atomic E-state index is 15.0. The van der Waals surface area contributed by atoms with E-state index in [1.807, 2.05) is 83.8 Å². The van der Waals surface area contributed by atoms with E-state index in [1.54, 1.807) is 51.8 Å². The number of carbonyl (C=O) groups excluding carboxylic acids is 11. The zero-order valence-corrected chi connectivity index (χ0v) is 59.2. The van der Waals surface area contributed by atoms with Gasteiger partial charge in [0, 0.05) is 108 Å². The fourth-order valence-electron chi connectivity index (χ4n) is 13.5. The molecule has 24 nitrogen and oxygen atoms in total. The Labute approximate surface area is 562 Å². The van der Waals surface area contributed by atoms with Crippen molar-refractivity contribution in [1.82, 2.24) is 40.3 Å². The van der Waals surface area contributed by atoms with Gasteiger partial charge in [0.15, 0.2) is 11.6 Å². The average molecular weight is 1330 g/mol. The van der Waals surface area contributed by atoms with Gasteiger partial charge in [-0.2, -0.15) is 0 Å². The number of amides is 7. The van der Waals surface area contributed by atoms with Crippen molar-refractivity contribution in [3.63, 3.8) is 0 Å². The van der Waals surface area contributed by atoms with Crippen LogP contribution >= 0.6 is 0 Å². The van der Waals surface area contributed by atoms with E-state index in [9.17, 15) is 52.7 Å². The summed E-state index contributed by atoms with van der Waals surface area (Å²) < 4.78 is 23.4. The first-order valence-corrected chi connectivity index (χ1v) is 34.3. The number of aromatic amines is 1. The lowest BCUT2D eigenvalue weighted by molar-refractivity contribution is -0.201. The topological polar surface area (TPSA) is 290 Å². The summed E-state index contributed by atoms with van der Waals surface area (Å²) in [4.78, 5) is 165. The molecule has 0 unspecified atom stereocenters. The van der Waals surface area contributed by atoms with Gasteiger partial charge in [0.2, 0.25) is 23.6 Å². The number of ketones is 3. The van der Waals surface area contributed by atoms with Crippen molar-refractivity contribution in [3.8, 4) is 0 Å². The third kappa shape index (κ3) is 22.9. The highest BCUT2D eigenvalue weighted by Gasteiger charge is 2.45. The number of H-pyrrole nitrogens is 1. The van der Waals surface area contributed by atoms with E-state index in [2.05, 4.69) is 15.6 Å². The molecule has 2 aromatic rings. The van der Waals surface area contributed by atoms with Crippen molar-refractivity contribution in [1.29, 1.82) is 0 Å². The molecule has 0 spiro atoms. The van der Waals surface area contributed by atoms with Crippen molar-refractivity contribution in [2.45, 2.75) is 221 Å². The number of hydrogen-bond acceptors (Lipinski definition) is 17. The maximum absolute atomic E-state index is 15.0. The highest BCUT2D eigenvalue weighted by Crippen LogP contribution is 2.33. The van der Waals surface area contributed by atoms with E-state index < -0.39 is 96.1 Å². The number of methoxy groups -OCH3 is 2. The number of carbonyl (C=O) groups is 11. The number of hydroxylamine groups is 2. The van der Waals surface area contributed by atoms with Crippen LogP contribution in [0.1, 0.15) is 172 Å². The number of hydrogen-bond donors (Lipinski definition) is 3. The van der Waals surface area contributed by atoms with Crippen molar-refractivity contribution in [3.05, 3.63) is 48.2 Å². The predicted molar refractivity (Wildman–Crippen MR) is 358 cm³/mol. The second-order valence-electron chi connectivity index (χ2n) is 27.8. The zero-order chi connectivity index (χ0) is 70.4. The fourth-order valence-corrected chi connectivity index (χ4v) is 13.5. The summed E-state index contributed by atoms with van der Waals surface area (Å²) in [7, 11) is 6.58. The fraction of sp³-hybridized carbons (Fsp3) is 0.704. The molecule has 530 valence electrons. The smallest absolute Gasteiger partial charge is 0.408 e. The molecule has 0 saturated carbocycles. The molecule has 1 aromatic heterocycles. The van der Waals surface area contributed by atoms with Gasteiger partial charge in [0.25, 0.3) is 11.8 Å². The molecular weight excluding hydrogens is 1220 g/mol. The van der Waals surface area contributed by atoms with Gasteiger partial charge >= 0.3 is 12.1 Å². The summed E-state index contributed by atoms with van der Waals surface area (Å²) >= 11 is 0. The van der Waals surface area contributed by atoms with E-state index in [-0.39, 0.29) is 110 Å². The molecule has 2 fully saturated rings.